The molecule has 0 aliphatic rings. The number of ether oxygens (including phenoxy) is 1. The average Bonchev–Trinajstić information content (AvgIpc) is 2.41. The molecule has 0 aliphatic heterocycles. The summed E-state index contributed by atoms with van der Waals surface area (Å²) in [6, 6.07) is 5.11. The number of aryl methyl sites for hydroxylation is 1. The molecule has 0 atom stereocenters. The third-order valence-corrected chi connectivity index (χ3v) is 2.85. The van der Waals surface area contributed by atoms with Gasteiger partial charge in [0.2, 0.25) is 5.69 Å². The summed E-state index contributed by atoms with van der Waals surface area (Å²) in [5, 5.41) is 9.63. The Morgan fingerprint density at radius 1 is 1.37 bits per heavy atom. The van der Waals surface area contributed by atoms with Crippen molar-refractivity contribution in [2.75, 3.05) is 0 Å². The largest absolute Gasteiger partial charge is 0.476 e. The van der Waals surface area contributed by atoms with Crippen molar-refractivity contribution in [2.24, 2.45) is 0 Å². The van der Waals surface area contributed by atoms with Gasteiger partial charge in [0.25, 0.3) is 5.88 Å². The number of aromatic carboxylic acids is 1. The summed E-state index contributed by atoms with van der Waals surface area (Å²) in [5.41, 5.74) is 0.690. The van der Waals surface area contributed by atoms with Gasteiger partial charge in [0.1, 0.15) is 5.75 Å². The maximum absolute atomic E-state index is 11.0. The maximum atomic E-state index is 11.0. The Morgan fingerprint density at radius 2 is 2.11 bits per heavy atom. The molecule has 0 saturated carbocycles. The van der Waals surface area contributed by atoms with Gasteiger partial charge in [0.15, 0.2) is 0 Å². The SMILES string of the molecule is CCc1cc(Oc2nccnc2C(=O)O)ccc1Cl. The average molecular weight is 279 g/mol. The van der Waals surface area contributed by atoms with Gasteiger partial charge in [-0.1, -0.05) is 18.5 Å². The molecule has 98 valence electrons. The van der Waals surface area contributed by atoms with Gasteiger partial charge in [-0.25, -0.2) is 14.8 Å². The van der Waals surface area contributed by atoms with Gasteiger partial charge in [-0.3, -0.25) is 0 Å². The summed E-state index contributed by atoms with van der Waals surface area (Å²) in [4.78, 5) is 18.6. The Bertz CT molecular complexity index is 617. The number of carboxylic acid groups (broad SMARTS) is 1. The fourth-order valence-electron chi connectivity index (χ4n) is 1.54. The summed E-state index contributed by atoms with van der Waals surface area (Å²) >= 11 is 6.00. The van der Waals surface area contributed by atoms with Crippen LogP contribution in [0.15, 0.2) is 30.6 Å². The first kappa shape index (κ1) is 13.3. The number of carbonyl (C=O) groups is 1. The van der Waals surface area contributed by atoms with E-state index in [0.717, 1.165) is 12.0 Å². The molecule has 1 aromatic heterocycles. The quantitative estimate of drug-likeness (QED) is 0.930. The Balaban J connectivity index is 2.34. The molecule has 19 heavy (non-hydrogen) atoms. The van der Waals surface area contributed by atoms with E-state index in [-0.39, 0.29) is 11.6 Å². The van der Waals surface area contributed by atoms with Crippen LogP contribution >= 0.6 is 11.6 Å². The van der Waals surface area contributed by atoms with Gasteiger partial charge in [-0.15, -0.1) is 0 Å². The van der Waals surface area contributed by atoms with Crippen LogP contribution in [0.5, 0.6) is 11.6 Å². The molecular weight excluding hydrogens is 268 g/mol. The lowest BCUT2D eigenvalue weighted by atomic mass is 10.1. The number of hydrogen-bond donors (Lipinski definition) is 1. The number of nitrogens with zero attached hydrogens (tertiary/aromatic N) is 2. The fourth-order valence-corrected chi connectivity index (χ4v) is 1.79. The fraction of sp³-hybridized carbons (Fsp3) is 0.154. The van der Waals surface area contributed by atoms with Crippen molar-refractivity contribution in [3.63, 3.8) is 0 Å². The predicted molar refractivity (Wildman–Crippen MR) is 69.9 cm³/mol. The zero-order valence-electron chi connectivity index (χ0n) is 10.1. The van der Waals surface area contributed by atoms with Crippen LogP contribution < -0.4 is 4.74 Å². The number of halogens is 1. The molecule has 0 radical (unpaired) electrons. The summed E-state index contributed by atoms with van der Waals surface area (Å²) in [6.07, 6.45) is 3.43. The normalized spacial score (nSPS) is 10.2. The second kappa shape index (κ2) is 5.67. The Kier molecular flexibility index (Phi) is 3.97. The van der Waals surface area contributed by atoms with Gasteiger partial charge in [0, 0.05) is 17.4 Å². The summed E-state index contributed by atoms with van der Waals surface area (Å²) in [6.45, 7) is 1.97. The minimum atomic E-state index is -1.19. The van der Waals surface area contributed by atoms with Crippen molar-refractivity contribution >= 4 is 17.6 Å². The van der Waals surface area contributed by atoms with Crippen LogP contribution in [-0.2, 0) is 6.42 Å². The van der Waals surface area contributed by atoms with E-state index in [0.29, 0.717) is 10.8 Å². The third-order valence-electron chi connectivity index (χ3n) is 2.48. The van der Waals surface area contributed by atoms with E-state index in [9.17, 15) is 4.79 Å². The number of hydrogen-bond acceptors (Lipinski definition) is 4. The molecule has 0 bridgehead atoms. The first-order valence-corrected chi connectivity index (χ1v) is 6.00. The van der Waals surface area contributed by atoms with E-state index in [2.05, 4.69) is 9.97 Å². The molecule has 1 N–H and O–H groups in total. The number of aromatic nitrogens is 2. The molecule has 6 heteroatoms. The van der Waals surface area contributed by atoms with Crippen molar-refractivity contribution < 1.29 is 14.6 Å². The van der Waals surface area contributed by atoms with E-state index in [1.165, 1.54) is 12.4 Å². The molecule has 0 amide bonds. The lowest BCUT2D eigenvalue weighted by molar-refractivity contribution is 0.0686. The molecule has 2 rings (SSSR count). The lowest BCUT2D eigenvalue weighted by Gasteiger charge is -2.08. The smallest absolute Gasteiger partial charge is 0.360 e. The molecule has 0 unspecified atom stereocenters. The van der Waals surface area contributed by atoms with E-state index < -0.39 is 5.97 Å². The lowest BCUT2D eigenvalue weighted by Crippen LogP contribution is -2.04. The van der Waals surface area contributed by atoms with E-state index in [1.54, 1.807) is 18.2 Å². The molecular formula is C13H11ClN2O3. The minimum Gasteiger partial charge on any atom is -0.476 e. The third kappa shape index (κ3) is 3.00. The standard InChI is InChI=1S/C13H11ClN2O3/c1-2-8-7-9(3-4-10(8)14)19-12-11(13(17)18)15-5-6-16-12/h3-7H,2H2,1H3,(H,17,18). The highest BCUT2D eigenvalue weighted by molar-refractivity contribution is 6.31. The highest BCUT2D eigenvalue weighted by atomic mass is 35.5. The Hall–Kier alpha value is -2.14. The predicted octanol–water partition coefficient (Wildman–Crippen LogP) is 3.18. The van der Waals surface area contributed by atoms with Gasteiger partial charge in [-0.05, 0) is 30.2 Å². The number of rotatable bonds is 4. The summed E-state index contributed by atoms with van der Waals surface area (Å²) < 4.78 is 5.46. The van der Waals surface area contributed by atoms with E-state index in [4.69, 9.17) is 21.4 Å². The van der Waals surface area contributed by atoms with Gasteiger partial charge in [0.05, 0.1) is 0 Å². The molecule has 0 saturated heterocycles. The highest BCUT2D eigenvalue weighted by Crippen LogP contribution is 2.26. The Labute approximate surface area is 114 Å². The van der Waals surface area contributed by atoms with Crippen LogP contribution in [0.2, 0.25) is 5.02 Å². The zero-order chi connectivity index (χ0) is 13.8. The first-order chi connectivity index (χ1) is 9.11. The van der Waals surface area contributed by atoms with Crippen molar-refractivity contribution in [2.45, 2.75) is 13.3 Å². The molecule has 5 nitrogen and oxygen atoms in total. The Morgan fingerprint density at radius 3 is 2.79 bits per heavy atom. The van der Waals surface area contributed by atoms with E-state index in [1.807, 2.05) is 6.92 Å². The van der Waals surface area contributed by atoms with Gasteiger partial charge >= 0.3 is 5.97 Å². The molecule has 0 fully saturated rings. The van der Waals surface area contributed by atoms with Crippen molar-refractivity contribution in [3.8, 4) is 11.6 Å². The van der Waals surface area contributed by atoms with Crippen molar-refractivity contribution in [1.82, 2.24) is 9.97 Å². The topological polar surface area (TPSA) is 72.3 Å². The first-order valence-electron chi connectivity index (χ1n) is 5.62. The molecule has 1 heterocycles. The number of carboxylic acids is 1. The molecule has 2 aromatic rings. The van der Waals surface area contributed by atoms with Crippen molar-refractivity contribution in [1.29, 1.82) is 0 Å². The zero-order valence-corrected chi connectivity index (χ0v) is 10.9. The van der Waals surface area contributed by atoms with Crippen molar-refractivity contribution in [3.05, 3.63) is 46.9 Å². The summed E-state index contributed by atoms with van der Waals surface area (Å²) in [7, 11) is 0. The van der Waals surface area contributed by atoms with Crippen LogP contribution in [-0.4, -0.2) is 21.0 Å². The van der Waals surface area contributed by atoms with Crippen LogP contribution in [0.4, 0.5) is 0 Å². The van der Waals surface area contributed by atoms with Crippen LogP contribution in [0.3, 0.4) is 0 Å². The van der Waals surface area contributed by atoms with E-state index >= 15 is 0 Å². The minimum absolute atomic E-state index is 0.0422. The molecule has 1 aromatic carbocycles. The second-order valence-corrected chi connectivity index (χ2v) is 4.13. The van der Waals surface area contributed by atoms with Gasteiger partial charge in [-0.2, -0.15) is 0 Å². The molecule has 0 aliphatic carbocycles. The summed E-state index contributed by atoms with van der Waals surface area (Å²) in [5.74, 6) is -0.753. The number of benzene rings is 1. The maximum Gasteiger partial charge on any atom is 0.360 e. The van der Waals surface area contributed by atoms with Gasteiger partial charge < -0.3 is 9.84 Å². The van der Waals surface area contributed by atoms with Crippen LogP contribution in [0.1, 0.15) is 23.0 Å². The monoisotopic (exact) mass is 278 g/mol. The molecule has 0 spiro atoms. The second-order valence-electron chi connectivity index (χ2n) is 3.72. The van der Waals surface area contributed by atoms with Crippen LogP contribution in [0, 0.1) is 0 Å². The van der Waals surface area contributed by atoms with Crippen LogP contribution in [0.25, 0.3) is 0 Å². The highest BCUT2D eigenvalue weighted by Gasteiger charge is 2.15.